The normalized spacial score (nSPS) is 28.3. The highest BCUT2D eigenvalue weighted by Gasteiger charge is 2.35. The number of piperidine rings is 1. The molecule has 0 radical (unpaired) electrons. The first-order valence-corrected chi connectivity index (χ1v) is 7.89. The van der Waals surface area contributed by atoms with Gasteiger partial charge in [-0.3, -0.25) is 4.90 Å². The molecule has 0 aliphatic carbocycles. The Morgan fingerprint density at radius 1 is 1.30 bits per heavy atom. The number of likely N-dealkylation sites (tertiary alicyclic amines) is 1. The number of halogens is 1. The lowest BCUT2D eigenvalue weighted by Gasteiger charge is -2.46. The molecule has 2 heterocycles. The Bertz CT molecular complexity index is 454. The van der Waals surface area contributed by atoms with Crippen LogP contribution in [0.1, 0.15) is 12.0 Å². The maximum Gasteiger partial charge on any atom is 0.0755 e. The van der Waals surface area contributed by atoms with Crippen molar-refractivity contribution in [2.45, 2.75) is 25.0 Å². The van der Waals surface area contributed by atoms with Crippen molar-refractivity contribution in [3.63, 3.8) is 0 Å². The molecule has 4 heteroatoms. The fourth-order valence-electron chi connectivity index (χ4n) is 3.34. The van der Waals surface area contributed by atoms with Crippen molar-refractivity contribution in [1.82, 2.24) is 9.80 Å². The van der Waals surface area contributed by atoms with Crippen LogP contribution in [0.5, 0.6) is 0 Å². The molecule has 0 N–H and O–H groups in total. The minimum atomic E-state index is 0.422. The van der Waals surface area contributed by atoms with Crippen LogP contribution in [0.15, 0.2) is 24.3 Å². The van der Waals surface area contributed by atoms with Gasteiger partial charge in [-0.25, -0.2) is 0 Å². The lowest BCUT2D eigenvalue weighted by Crippen LogP contribution is -2.59. The molecule has 3 nitrogen and oxygen atoms in total. The predicted molar refractivity (Wildman–Crippen MR) is 82.4 cm³/mol. The number of benzene rings is 1. The Labute approximate surface area is 126 Å². The van der Waals surface area contributed by atoms with E-state index in [0.717, 1.165) is 50.7 Å². The molecule has 2 aliphatic heterocycles. The first-order valence-electron chi connectivity index (χ1n) is 7.51. The summed E-state index contributed by atoms with van der Waals surface area (Å²) in [4.78, 5) is 5.01. The van der Waals surface area contributed by atoms with Gasteiger partial charge in [0.25, 0.3) is 0 Å². The summed E-state index contributed by atoms with van der Waals surface area (Å²) < 4.78 is 5.94. The highest BCUT2D eigenvalue weighted by atomic mass is 35.5. The van der Waals surface area contributed by atoms with Crippen molar-refractivity contribution in [3.05, 3.63) is 34.9 Å². The number of morpholine rings is 1. The van der Waals surface area contributed by atoms with Crippen LogP contribution in [0.4, 0.5) is 0 Å². The highest BCUT2D eigenvalue weighted by molar-refractivity contribution is 6.31. The van der Waals surface area contributed by atoms with Gasteiger partial charge in [-0.15, -0.1) is 0 Å². The number of ether oxygens (including phenoxy) is 1. The molecular formula is C16H23ClN2O. The molecular weight excluding hydrogens is 272 g/mol. The average molecular weight is 295 g/mol. The van der Waals surface area contributed by atoms with Gasteiger partial charge in [0.2, 0.25) is 0 Å². The van der Waals surface area contributed by atoms with Crippen LogP contribution < -0.4 is 0 Å². The third-order valence-corrected chi connectivity index (χ3v) is 4.90. The molecule has 0 spiro atoms. The third kappa shape index (κ3) is 3.17. The molecule has 1 aromatic carbocycles. The summed E-state index contributed by atoms with van der Waals surface area (Å²) in [6.07, 6.45) is 2.60. The largest absolute Gasteiger partial charge is 0.375 e. The smallest absolute Gasteiger partial charge is 0.0755 e. The molecule has 2 saturated heterocycles. The zero-order valence-electron chi connectivity index (χ0n) is 12.1. The first kappa shape index (κ1) is 14.3. The van der Waals surface area contributed by atoms with Crippen LogP contribution in [0.3, 0.4) is 0 Å². The van der Waals surface area contributed by atoms with Crippen molar-refractivity contribution in [3.8, 4) is 0 Å². The van der Waals surface area contributed by atoms with Gasteiger partial charge in [-0.1, -0.05) is 29.8 Å². The van der Waals surface area contributed by atoms with Gasteiger partial charge in [0.1, 0.15) is 0 Å². The molecule has 1 aromatic rings. The molecule has 2 fully saturated rings. The van der Waals surface area contributed by atoms with Gasteiger partial charge in [-0.05, 0) is 31.5 Å². The molecule has 2 unspecified atom stereocenters. The maximum absolute atomic E-state index is 6.25. The lowest BCUT2D eigenvalue weighted by molar-refractivity contribution is -0.0992. The lowest BCUT2D eigenvalue weighted by atomic mass is 9.98. The van der Waals surface area contributed by atoms with E-state index in [0.29, 0.717) is 12.1 Å². The van der Waals surface area contributed by atoms with Crippen LogP contribution in [-0.2, 0) is 11.2 Å². The summed E-state index contributed by atoms with van der Waals surface area (Å²) >= 11 is 6.25. The molecule has 0 bridgehead atoms. The minimum Gasteiger partial charge on any atom is -0.375 e. The van der Waals surface area contributed by atoms with E-state index in [1.54, 1.807) is 0 Å². The van der Waals surface area contributed by atoms with Gasteiger partial charge >= 0.3 is 0 Å². The van der Waals surface area contributed by atoms with E-state index >= 15 is 0 Å². The molecule has 3 rings (SSSR count). The summed E-state index contributed by atoms with van der Waals surface area (Å²) in [5, 5.41) is 0.887. The fraction of sp³-hybridized carbons (Fsp3) is 0.625. The fourth-order valence-corrected chi connectivity index (χ4v) is 3.57. The van der Waals surface area contributed by atoms with Gasteiger partial charge in [-0.2, -0.15) is 0 Å². The number of nitrogens with zero attached hydrogens (tertiary/aromatic N) is 2. The van der Waals surface area contributed by atoms with Crippen molar-refractivity contribution in [1.29, 1.82) is 0 Å². The van der Waals surface area contributed by atoms with Crippen molar-refractivity contribution >= 4 is 11.6 Å². The van der Waals surface area contributed by atoms with Crippen LogP contribution in [0, 0.1) is 0 Å². The zero-order chi connectivity index (χ0) is 13.9. The number of fused-ring (bicyclic) bond motifs is 1. The van der Waals surface area contributed by atoms with Gasteiger partial charge in [0, 0.05) is 37.2 Å². The molecule has 20 heavy (non-hydrogen) atoms. The molecule has 0 saturated carbocycles. The van der Waals surface area contributed by atoms with Crippen LogP contribution in [0.2, 0.25) is 5.02 Å². The van der Waals surface area contributed by atoms with Crippen LogP contribution in [-0.4, -0.2) is 61.8 Å². The Morgan fingerprint density at radius 2 is 2.15 bits per heavy atom. The van der Waals surface area contributed by atoms with E-state index in [-0.39, 0.29) is 0 Å². The van der Waals surface area contributed by atoms with Gasteiger partial charge in [0.05, 0.1) is 12.7 Å². The standard InChI is InChI=1S/C16H23ClN2O/c1-18-8-7-16-15(12-18)19(10-11-20-16)9-6-13-4-2-3-5-14(13)17/h2-5,15-16H,6-12H2,1H3. The number of likely N-dealkylation sites (N-methyl/N-ethyl adjacent to an activating group) is 1. The molecule has 0 amide bonds. The van der Waals surface area contributed by atoms with E-state index in [9.17, 15) is 0 Å². The summed E-state index contributed by atoms with van der Waals surface area (Å²) in [5.41, 5.74) is 1.25. The summed E-state index contributed by atoms with van der Waals surface area (Å²) in [6, 6.07) is 8.72. The average Bonchev–Trinajstić information content (AvgIpc) is 2.46. The molecule has 110 valence electrons. The maximum atomic E-state index is 6.25. The summed E-state index contributed by atoms with van der Waals surface area (Å²) in [5.74, 6) is 0. The van der Waals surface area contributed by atoms with E-state index in [4.69, 9.17) is 16.3 Å². The summed E-state index contributed by atoms with van der Waals surface area (Å²) in [6.45, 7) is 5.25. The Morgan fingerprint density at radius 3 is 3.00 bits per heavy atom. The van der Waals surface area contributed by atoms with Crippen molar-refractivity contribution in [2.75, 3.05) is 39.8 Å². The monoisotopic (exact) mass is 294 g/mol. The predicted octanol–water partition coefficient (Wildman–Crippen LogP) is 2.29. The molecule has 2 atom stereocenters. The first-order chi connectivity index (χ1) is 9.74. The Kier molecular flexibility index (Phi) is 4.61. The zero-order valence-corrected chi connectivity index (χ0v) is 12.9. The summed E-state index contributed by atoms with van der Waals surface area (Å²) in [7, 11) is 2.21. The van der Waals surface area contributed by atoms with Crippen molar-refractivity contribution in [2.24, 2.45) is 0 Å². The second-order valence-corrected chi connectivity index (χ2v) is 6.31. The van der Waals surface area contributed by atoms with Crippen LogP contribution >= 0.6 is 11.6 Å². The molecule has 0 aromatic heterocycles. The topological polar surface area (TPSA) is 15.7 Å². The Hall–Kier alpha value is -0.610. The van der Waals surface area contributed by atoms with E-state index < -0.39 is 0 Å². The highest BCUT2D eigenvalue weighted by Crippen LogP contribution is 2.23. The molecule has 2 aliphatic rings. The number of hydrogen-bond donors (Lipinski definition) is 0. The van der Waals surface area contributed by atoms with E-state index in [1.807, 2.05) is 12.1 Å². The van der Waals surface area contributed by atoms with Crippen molar-refractivity contribution < 1.29 is 4.74 Å². The Balaban J connectivity index is 1.62. The van der Waals surface area contributed by atoms with Crippen LogP contribution in [0.25, 0.3) is 0 Å². The SMILES string of the molecule is CN1CCC2OCCN(CCc3ccccc3Cl)C2C1. The van der Waals surface area contributed by atoms with E-state index in [1.165, 1.54) is 5.56 Å². The number of hydrogen-bond acceptors (Lipinski definition) is 3. The second kappa shape index (κ2) is 6.44. The number of rotatable bonds is 3. The second-order valence-electron chi connectivity index (χ2n) is 5.90. The van der Waals surface area contributed by atoms with E-state index in [2.05, 4.69) is 29.0 Å². The quantitative estimate of drug-likeness (QED) is 0.851. The minimum absolute atomic E-state index is 0.422. The third-order valence-electron chi connectivity index (χ3n) is 4.53. The van der Waals surface area contributed by atoms with Gasteiger partial charge in [0.15, 0.2) is 0 Å². The van der Waals surface area contributed by atoms with Gasteiger partial charge < -0.3 is 9.64 Å².